The van der Waals surface area contributed by atoms with E-state index in [1.165, 1.54) is 0 Å². The first-order valence-corrected chi connectivity index (χ1v) is 9.36. The lowest BCUT2D eigenvalue weighted by Gasteiger charge is -2.19. The van der Waals surface area contributed by atoms with Gasteiger partial charge in [0.1, 0.15) is 6.10 Å². The molecule has 7 heteroatoms. The zero-order valence-electron chi connectivity index (χ0n) is 16.5. The second kappa shape index (κ2) is 9.73. The van der Waals surface area contributed by atoms with Crippen LogP contribution in [0.2, 0.25) is 0 Å². The fraction of sp³-hybridized carbons (Fsp3) is 0.381. The number of benzene rings is 2. The van der Waals surface area contributed by atoms with Crippen LogP contribution in [0.3, 0.4) is 0 Å². The van der Waals surface area contributed by atoms with Gasteiger partial charge in [0.05, 0.1) is 26.9 Å². The number of rotatable bonds is 6. The Kier molecular flexibility index (Phi) is 6.84. The molecule has 3 rings (SSSR count). The summed E-state index contributed by atoms with van der Waals surface area (Å²) in [5, 5.41) is 6.53. The standard InChI is InChI=1S/C21H27N3O4/c1-15(28-19-8-5-4-7-17(19)25-3)14-23-21(22-2)24-16-9-10-18-20(13-16)27-12-6-11-26-18/h4-5,7-10,13,15H,6,11-12,14H2,1-3H3,(H2,22,23,24). The minimum Gasteiger partial charge on any atom is -0.493 e. The van der Waals surface area contributed by atoms with Gasteiger partial charge < -0.3 is 29.6 Å². The summed E-state index contributed by atoms with van der Waals surface area (Å²) in [4.78, 5) is 4.27. The molecule has 2 aromatic rings. The van der Waals surface area contributed by atoms with Gasteiger partial charge in [-0.15, -0.1) is 0 Å². The first kappa shape index (κ1) is 19.7. The van der Waals surface area contributed by atoms with Gasteiger partial charge in [0.15, 0.2) is 29.0 Å². The minimum atomic E-state index is -0.0846. The number of nitrogens with zero attached hydrogens (tertiary/aromatic N) is 1. The maximum atomic E-state index is 5.96. The zero-order chi connectivity index (χ0) is 19.8. The molecule has 0 radical (unpaired) electrons. The lowest BCUT2D eigenvalue weighted by atomic mass is 10.2. The van der Waals surface area contributed by atoms with Crippen molar-refractivity contribution < 1.29 is 18.9 Å². The van der Waals surface area contributed by atoms with E-state index in [9.17, 15) is 0 Å². The molecule has 0 aliphatic carbocycles. The molecule has 150 valence electrons. The van der Waals surface area contributed by atoms with E-state index in [0.29, 0.717) is 37.2 Å². The van der Waals surface area contributed by atoms with Crippen molar-refractivity contribution in [3.63, 3.8) is 0 Å². The Hall–Kier alpha value is -3.09. The van der Waals surface area contributed by atoms with Crippen LogP contribution in [0.15, 0.2) is 47.5 Å². The number of ether oxygens (including phenoxy) is 4. The number of hydrogen-bond donors (Lipinski definition) is 2. The van der Waals surface area contributed by atoms with Gasteiger partial charge in [0, 0.05) is 25.2 Å². The lowest BCUT2D eigenvalue weighted by molar-refractivity contribution is 0.214. The lowest BCUT2D eigenvalue weighted by Crippen LogP contribution is -2.37. The van der Waals surface area contributed by atoms with Crippen LogP contribution in [-0.2, 0) is 0 Å². The van der Waals surface area contributed by atoms with Gasteiger partial charge in [-0.3, -0.25) is 4.99 Å². The van der Waals surface area contributed by atoms with Crippen LogP contribution in [0.4, 0.5) is 5.69 Å². The smallest absolute Gasteiger partial charge is 0.195 e. The van der Waals surface area contributed by atoms with Gasteiger partial charge in [-0.1, -0.05) is 12.1 Å². The van der Waals surface area contributed by atoms with Crippen LogP contribution in [0.5, 0.6) is 23.0 Å². The van der Waals surface area contributed by atoms with Gasteiger partial charge in [-0.05, 0) is 31.2 Å². The third-order valence-corrected chi connectivity index (χ3v) is 4.19. The predicted molar refractivity (Wildman–Crippen MR) is 110 cm³/mol. The van der Waals surface area contributed by atoms with Gasteiger partial charge in [0.25, 0.3) is 0 Å². The maximum absolute atomic E-state index is 5.96. The molecule has 0 saturated carbocycles. The average Bonchev–Trinajstić information content (AvgIpc) is 2.96. The number of methoxy groups -OCH3 is 1. The van der Waals surface area contributed by atoms with Crippen molar-refractivity contribution in [1.29, 1.82) is 0 Å². The minimum absolute atomic E-state index is 0.0846. The van der Waals surface area contributed by atoms with Crippen LogP contribution >= 0.6 is 0 Å². The van der Waals surface area contributed by atoms with E-state index in [0.717, 1.165) is 23.6 Å². The molecule has 0 bridgehead atoms. The van der Waals surface area contributed by atoms with Gasteiger partial charge in [0.2, 0.25) is 0 Å². The Bertz CT molecular complexity index is 810. The number of fused-ring (bicyclic) bond motifs is 1. The maximum Gasteiger partial charge on any atom is 0.195 e. The second-order valence-electron chi connectivity index (χ2n) is 6.37. The summed E-state index contributed by atoms with van der Waals surface area (Å²) in [7, 11) is 3.36. The normalized spacial score (nSPS) is 14.6. The molecule has 0 spiro atoms. The van der Waals surface area contributed by atoms with E-state index in [2.05, 4.69) is 15.6 Å². The molecule has 0 aromatic heterocycles. The van der Waals surface area contributed by atoms with Crippen LogP contribution in [0.1, 0.15) is 13.3 Å². The quantitative estimate of drug-likeness (QED) is 0.587. The van der Waals surface area contributed by atoms with E-state index in [1.807, 2.05) is 49.4 Å². The first-order valence-electron chi connectivity index (χ1n) is 9.36. The number of anilines is 1. The number of para-hydroxylation sites is 2. The number of aliphatic imine (C=N–C) groups is 1. The second-order valence-corrected chi connectivity index (χ2v) is 6.37. The molecule has 0 saturated heterocycles. The SMILES string of the molecule is CN=C(NCC(C)Oc1ccccc1OC)Nc1ccc2c(c1)OCCCO2. The summed E-state index contributed by atoms with van der Waals surface area (Å²) in [6, 6.07) is 13.4. The summed E-state index contributed by atoms with van der Waals surface area (Å²) < 4.78 is 22.7. The van der Waals surface area contributed by atoms with Crippen molar-refractivity contribution in [2.24, 2.45) is 4.99 Å². The van der Waals surface area contributed by atoms with Crippen molar-refractivity contribution in [1.82, 2.24) is 5.32 Å². The fourth-order valence-electron chi connectivity index (χ4n) is 2.77. The molecule has 28 heavy (non-hydrogen) atoms. The van der Waals surface area contributed by atoms with Crippen LogP contribution < -0.4 is 29.6 Å². The highest BCUT2D eigenvalue weighted by atomic mass is 16.5. The molecule has 1 unspecified atom stereocenters. The van der Waals surface area contributed by atoms with Crippen molar-refractivity contribution in [2.75, 3.05) is 39.2 Å². The van der Waals surface area contributed by atoms with Crippen molar-refractivity contribution in [2.45, 2.75) is 19.4 Å². The fourth-order valence-corrected chi connectivity index (χ4v) is 2.77. The Labute approximate surface area is 165 Å². The third-order valence-electron chi connectivity index (χ3n) is 4.19. The molecule has 0 fully saturated rings. The number of guanidine groups is 1. The van der Waals surface area contributed by atoms with E-state index >= 15 is 0 Å². The number of hydrogen-bond acceptors (Lipinski definition) is 5. The molecular formula is C21H27N3O4. The molecule has 2 N–H and O–H groups in total. The average molecular weight is 385 g/mol. The Morgan fingerprint density at radius 3 is 2.61 bits per heavy atom. The summed E-state index contributed by atoms with van der Waals surface area (Å²) >= 11 is 0. The molecule has 1 aliphatic heterocycles. The Morgan fingerprint density at radius 2 is 1.86 bits per heavy atom. The summed E-state index contributed by atoms with van der Waals surface area (Å²) in [5.41, 5.74) is 0.871. The van der Waals surface area contributed by atoms with Gasteiger partial charge >= 0.3 is 0 Å². The molecule has 1 aliphatic rings. The largest absolute Gasteiger partial charge is 0.493 e. The van der Waals surface area contributed by atoms with Gasteiger partial charge in [-0.2, -0.15) is 0 Å². The topological polar surface area (TPSA) is 73.3 Å². The molecule has 7 nitrogen and oxygen atoms in total. The van der Waals surface area contributed by atoms with Crippen molar-refractivity contribution in [3.8, 4) is 23.0 Å². The van der Waals surface area contributed by atoms with E-state index < -0.39 is 0 Å². The van der Waals surface area contributed by atoms with E-state index in [-0.39, 0.29) is 6.10 Å². The van der Waals surface area contributed by atoms with E-state index in [1.54, 1.807) is 14.2 Å². The highest BCUT2D eigenvalue weighted by Crippen LogP contribution is 2.32. The Morgan fingerprint density at radius 1 is 1.11 bits per heavy atom. The Balaban J connectivity index is 1.55. The molecule has 1 heterocycles. The molecule has 2 aromatic carbocycles. The monoisotopic (exact) mass is 385 g/mol. The number of nitrogens with one attached hydrogen (secondary N) is 2. The molecule has 0 amide bonds. The van der Waals surface area contributed by atoms with E-state index in [4.69, 9.17) is 18.9 Å². The molecular weight excluding hydrogens is 358 g/mol. The van der Waals surface area contributed by atoms with Crippen LogP contribution in [0.25, 0.3) is 0 Å². The molecule has 1 atom stereocenters. The summed E-state index contributed by atoms with van der Waals surface area (Å²) in [6.45, 7) is 3.89. The van der Waals surface area contributed by atoms with Crippen LogP contribution in [0, 0.1) is 0 Å². The van der Waals surface area contributed by atoms with Crippen molar-refractivity contribution >= 4 is 11.6 Å². The highest BCUT2D eigenvalue weighted by Gasteiger charge is 2.12. The summed E-state index contributed by atoms with van der Waals surface area (Å²) in [5.74, 6) is 3.58. The van der Waals surface area contributed by atoms with Gasteiger partial charge in [-0.25, -0.2) is 0 Å². The first-order chi connectivity index (χ1) is 13.7. The van der Waals surface area contributed by atoms with Crippen molar-refractivity contribution in [3.05, 3.63) is 42.5 Å². The zero-order valence-corrected chi connectivity index (χ0v) is 16.5. The van der Waals surface area contributed by atoms with Crippen LogP contribution in [-0.4, -0.2) is 46.0 Å². The highest BCUT2D eigenvalue weighted by molar-refractivity contribution is 5.93. The predicted octanol–water partition coefficient (Wildman–Crippen LogP) is 3.31. The summed E-state index contributed by atoms with van der Waals surface area (Å²) in [6.07, 6.45) is 0.795. The third kappa shape index (κ3) is 5.22.